The van der Waals surface area contributed by atoms with Crippen LogP contribution >= 0.6 is 11.3 Å². The van der Waals surface area contributed by atoms with E-state index in [-0.39, 0.29) is 11.7 Å². The van der Waals surface area contributed by atoms with E-state index in [1.165, 1.54) is 18.3 Å². The molecule has 0 bridgehead atoms. The highest BCUT2D eigenvalue weighted by atomic mass is 32.1. The standard InChI is InChI=1S/C25H21F3N4O2S/c1-14-10-17(12-19(11-14)31-23-29-9-8-21(32-23)25(26,27)28)20-13-30-22(35-20)24(3,34)18-6-4-16(5-7-18)15(2)33/h4-13,34H,1-3H3,(H,29,31,32). The minimum Gasteiger partial charge on any atom is -0.378 e. The van der Waals surface area contributed by atoms with Crippen molar-refractivity contribution in [3.05, 3.63) is 88.3 Å². The van der Waals surface area contributed by atoms with E-state index in [1.54, 1.807) is 49.5 Å². The maximum atomic E-state index is 13.0. The van der Waals surface area contributed by atoms with E-state index in [0.717, 1.165) is 28.3 Å². The number of aliphatic hydroxyl groups is 1. The van der Waals surface area contributed by atoms with Crippen LogP contribution in [0.3, 0.4) is 0 Å². The average Bonchev–Trinajstić information content (AvgIpc) is 3.30. The second kappa shape index (κ2) is 9.20. The van der Waals surface area contributed by atoms with Gasteiger partial charge in [-0.1, -0.05) is 30.3 Å². The lowest BCUT2D eigenvalue weighted by Gasteiger charge is -2.21. The first-order valence-corrected chi connectivity index (χ1v) is 11.3. The van der Waals surface area contributed by atoms with Gasteiger partial charge >= 0.3 is 6.18 Å². The quantitative estimate of drug-likeness (QED) is 0.311. The van der Waals surface area contributed by atoms with Gasteiger partial charge in [0.15, 0.2) is 5.78 Å². The number of alkyl halides is 3. The van der Waals surface area contributed by atoms with Gasteiger partial charge in [0.05, 0.1) is 4.88 Å². The molecule has 2 heterocycles. The Bertz CT molecular complexity index is 1380. The fourth-order valence-corrected chi connectivity index (χ4v) is 4.46. The molecule has 0 radical (unpaired) electrons. The third kappa shape index (κ3) is 5.39. The number of carbonyl (C=O) groups excluding carboxylic acids is 1. The molecule has 0 aliphatic heterocycles. The summed E-state index contributed by atoms with van der Waals surface area (Å²) in [6.45, 7) is 4.97. The Morgan fingerprint density at radius 3 is 2.43 bits per heavy atom. The fourth-order valence-electron chi connectivity index (χ4n) is 3.49. The van der Waals surface area contributed by atoms with E-state index in [0.29, 0.717) is 21.8 Å². The van der Waals surface area contributed by atoms with Gasteiger partial charge in [-0.05, 0) is 55.7 Å². The summed E-state index contributed by atoms with van der Waals surface area (Å²) in [5.74, 6) is -0.231. The van der Waals surface area contributed by atoms with E-state index < -0.39 is 17.5 Å². The Kier molecular flexibility index (Phi) is 6.44. The lowest BCUT2D eigenvalue weighted by atomic mass is 9.95. The number of nitrogens with one attached hydrogen (secondary N) is 1. The lowest BCUT2D eigenvalue weighted by Crippen LogP contribution is -2.22. The monoisotopic (exact) mass is 498 g/mol. The molecular weight excluding hydrogens is 477 g/mol. The summed E-state index contributed by atoms with van der Waals surface area (Å²) in [6.07, 6.45) is -1.88. The first kappa shape index (κ1) is 24.5. The number of ketones is 1. The zero-order chi connectivity index (χ0) is 25.4. The van der Waals surface area contributed by atoms with E-state index in [1.807, 2.05) is 13.0 Å². The summed E-state index contributed by atoms with van der Waals surface area (Å²) in [6, 6.07) is 13.0. The number of Topliss-reactive ketones (excluding diaryl/α,β-unsaturated/α-hetero) is 1. The topological polar surface area (TPSA) is 88.0 Å². The molecule has 2 aromatic carbocycles. The maximum Gasteiger partial charge on any atom is 0.433 e. The number of rotatable bonds is 6. The molecule has 0 spiro atoms. The summed E-state index contributed by atoms with van der Waals surface area (Å²) < 4.78 is 38.9. The molecule has 0 saturated carbocycles. The minimum absolute atomic E-state index is 0.0629. The fraction of sp³-hybridized carbons (Fsp3) is 0.200. The molecule has 10 heteroatoms. The predicted octanol–water partition coefficient (Wildman–Crippen LogP) is 6.13. The van der Waals surface area contributed by atoms with Gasteiger partial charge < -0.3 is 10.4 Å². The molecule has 0 amide bonds. The van der Waals surface area contributed by atoms with Crippen LogP contribution in [-0.2, 0) is 11.8 Å². The summed E-state index contributed by atoms with van der Waals surface area (Å²) in [5, 5.41) is 14.5. The molecule has 0 aliphatic rings. The molecule has 2 N–H and O–H groups in total. The van der Waals surface area contributed by atoms with Crippen molar-refractivity contribution in [2.24, 2.45) is 0 Å². The van der Waals surface area contributed by atoms with Crippen LogP contribution in [0.5, 0.6) is 0 Å². The Morgan fingerprint density at radius 1 is 1.06 bits per heavy atom. The van der Waals surface area contributed by atoms with Gasteiger partial charge in [0.1, 0.15) is 16.3 Å². The molecule has 1 unspecified atom stereocenters. The number of aryl methyl sites for hydroxylation is 1. The van der Waals surface area contributed by atoms with Crippen LogP contribution in [0.1, 0.15) is 46.0 Å². The maximum absolute atomic E-state index is 13.0. The van der Waals surface area contributed by atoms with E-state index in [2.05, 4.69) is 20.3 Å². The molecule has 4 aromatic rings. The zero-order valence-corrected chi connectivity index (χ0v) is 19.8. The first-order chi connectivity index (χ1) is 16.4. The molecular formula is C25H21F3N4O2S. The summed E-state index contributed by atoms with van der Waals surface area (Å²) >= 11 is 1.29. The van der Waals surface area contributed by atoms with Crippen molar-refractivity contribution in [3.63, 3.8) is 0 Å². The van der Waals surface area contributed by atoms with Crippen LogP contribution in [-0.4, -0.2) is 25.8 Å². The normalized spacial score (nSPS) is 13.3. The van der Waals surface area contributed by atoms with Crippen molar-refractivity contribution in [3.8, 4) is 10.4 Å². The number of halogens is 3. The third-order valence-electron chi connectivity index (χ3n) is 5.34. The highest BCUT2D eigenvalue weighted by Crippen LogP contribution is 2.37. The number of hydrogen-bond acceptors (Lipinski definition) is 7. The molecule has 4 rings (SSSR count). The number of benzene rings is 2. The van der Waals surface area contributed by atoms with Crippen LogP contribution in [0.2, 0.25) is 0 Å². The summed E-state index contributed by atoms with van der Waals surface area (Å²) in [5.41, 5.74) is 0.874. The highest BCUT2D eigenvalue weighted by Gasteiger charge is 2.33. The average molecular weight is 499 g/mol. The Balaban J connectivity index is 1.61. The number of carbonyl (C=O) groups is 1. The second-order valence-electron chi connectivity index (χ2n) is 8.21. The van der Waals surface area contributed by atoms with Gasteiger partial charge in [-0.15, -0.1) is 11.3 Å². The smallest absolute Gasteiger partial charge is 0.378 e. The molecule has 0 aliphatic carbocycles. The van der Waals surface area contributed by atoms with Gasteiger partial charge in [-0.2, -0.15) is 13.2 Å². The number of anilines is 2. The van der Waals surface area contributed by atoms with Crippen molar-refractivity contribution >= 4 is 28.8 Å². The Hall–Kier alpha value is -3.63. The summed E-state index contributed by atoms with van der Waals surface area (Å²) in [4.78, 5) is 24.1. The van der Waals surface area contributed by atoms with Gasteiger partial charge in [-0.25, -0.2) is 15.0 Å². The van der Waals surface area contributed by atoms with Crippen LogP contribution in [0.25, 0.3) is 10.4 Å². The largest absolute Gasteiger partial charge is 0.433 e. The molecule has 6 nitrogen and oxygen atoms in total. The Labute approximate surface area is 203 Å². The number of thiazole rings is 1. The SMILES string of the molecule is CC(=O)c1ccc(C(C)(O)c2ncc(-c3cc(C)cc(Nc4nccc(C(F)(F)F)n4)c3)s2)cc1. The van der Waals surface area contributed by atoms with Crippen molar-refractivity contribution < 1.29 is 23.1 Å². The van der Waals surface area contributed by atoms with Crippen LogP contribution in [0, 0.1) is 6.92 Å². The number of aromatic nitrogens is 3. The van der Waals surface area contributed by atoms with E-state index in [4.69, 9.17) is 0 Å². The van der Waals surface area contributed by atoms with E-state index in [9.17, 15) is 23.1 Å². The van der Waals surface area contributed by atoms with Crippen LogP contribution in [0.4, 0.5) is 24.8 Å². The second-order valence-corrected chi connectivity index (χ2v) is 9.24. The van der Waals surface area contributed by atoms with Crippen molar-refractivity contribution in [1.82, 2.24) is 15.0 Å². The van der Waals surface area contributed by atoms with Crippen molar-refractivity contribution in [1.29, 1.82) is 0 Å². The molecule has 2 aromatic heterocycles. The van der Waals surface area contributed by atoms with Gasteiger partial charge in [0, 0.05) is 23.6 Å². The van der Waals surface area contributed by atoms with Gasteiger partial charge in [-0.3, -0.25) is 4.79 Å². The molecule has 0 saturated heterocycles. The molecule has 1 atom stereocenters. The van der Waals surface area contributed by atoms with Crippen LogP contribution < -0.4 is 5.32 Å². The Morgan fingerprint density at radius 2 is 1.77 bits per heavy atom. The van der Waals surface area contributed by atoms with Gasteiger partial charge in [0.2, 0.25) is 5.95 Å². The summed E-state index contributed by atoms with van der Waals surface area (Å²) in [7, 11) is 0. The van der Waals surface area contributed by atoms with Crippen molar-refractivity contribution in [2.75, 3.05) is 5.32 Å². The predicted molar refractivity (Wildman–Crippen MR) is 128 cm³/mol. The first-order valence-electron chi connectivity index (χ1n) is 10.5. The zero-order valence-electron chi connectivity index (χ0n) is 19.0. The molecule has 180 valence electrons. The van der Waals surface area contributed by atoms with Crippen LogP contribution in [0.15, 0.2) is 60.9 Å². The lowest BCUT2D eigenvalue weighted by molar-refractivity contribution is -0.141. The highest BCUT2D eigenvalue weighted by molar-refractivity contribution is 7.15. The molecule has 35 heavy (non-hydrogen) atoms. The van der Waals surface area contributed by atoms with Crippen molar-refractivity contribution in [2.45, 2.75) is 32.5 Å². The molecule has 0 fully saturated rings. The van der Waals surface area contributed by atoms with Gasteiger partial charge in [0.25, 0.3) is 0 Å². The third-order valence-corrected chi connectivity index (χ3v) is 6.60. The minimum atomic E-state index is -4.57. The number of nitrogens with zero attached hydrogens (tertiary/aromatic N) is 3. The number of hydrogen-bond donors (Lipinski definition) is 2. The van der Waals surface area contributed by atoms with E-state index >= 15 is 0 Å².